The lowest BCUT2D eigenvalue weighted by atomic mass is 10.1. The van der Waals surface area contributed by atoms with Crippen LogP contribution >= 0.6 is 11.6 Å². The molecule has 1 amide bonds. The summed E-state index contributed by atoms with van der Waals surface area (Å²) in [6.45, 7) is 1.20. The number of aryl methyl sites for hydroxylation is 1. The number of hydrogen-bond donors (Lipinski definition) is 0. The Morgan fingerprint density at radius 1 is 1.38 bits per heavy atom. The number of halogens is 1. The molecule has 26 heavy (non-hydrogen) atoms. The third-order valence-corrected chi connectivity index (χ3v) is 4.39. The van der Waals surface area contributed by atoms with Crippen molar-refractivity contribution < 1.29 is 14.1 Å². The molecule has 3 heterocycles. The molecule has 0 radical (unpaired) electrons. The van der Waals surface area contributed by atoms with Gasteiger partial charge >= 0.3 is 0 Å². The molecule has 1 atom stereocenters. The zero-order valence-corrected chi connectivity index (χ0v) is 14.8. The van der Waals surface area contributed by atoms with E-state index in [1.807, 2.05) is 0 Å². The molecule has 0 aliphatic carbocycles. The molecule has 1 saturated heterocycles. The fourth-order valence-corrected chi connectivity index (χ4v) is 3.06. The highest BCUT2D eigenvalue weighted by atomic mass is 35.5. The Bertz CT molecular complexity index is 938. The number of rotatable bonds is 3. The fraction of sp³-hybridized carbons (Fsp3) is 0.294. The summed E-state index contributed by atoms with van der Waals surface area (Å²) < 4.78 is 12.5. The van der Waals surface area contributed by atoms with Crippen molar-refractivity contribution in [2.24, 2.45) is 7.05 Å². The highest BCUT2D eigenvalue weighted by molar-refractivity contribution is 6.30. The number of carbonyl (C=O) groups is 1. The Morgan fingerprint density at radius 2 is 2.27 bits per heavy atom. The summed E-state index contributed by atoms with van der Waals surface area (Å²) >= 11 is 6.01. The Hall–Kier alpha value is -2.71. The summed E-state index contributed by atoms with van der Waals surface area (Å²) in [7, 11) is 1.81. The normalized spacial score (nSPS) is 17.5. The largest absolute Gasteiger partial charge is 0.377 e. The summed E-state index contributed by atoms with van der Waals surface area (Å²) in [6.07, 6.45) is 3.42. The van der Waals surface area contributed by atoms with E-state index in [2.05, 4.69) is 15.2 Å². The van der Waals surface area contributed by atoms with Gasteiger partial charge in [0.15, 0.2) is 5.82 Å². The predicted molar refractivity (Wildman–Crippen MR) is 92.5 cm³/mol. The van der Waals surface area contributed by atoms with Crippen molar-refractivity contribution in [1.29, 1.82) is 0 Å². The van der Waals surface area contributed by atoms with Crippen LogP contribution in [0.15, 0.2) is 41.2 Å². The van der Waals surface area contributed by atoms with Crippen LogP contribution in [0.4, 0.5) is 0 Å². The predicted octanol–water partition coefficient (Wildman–Crippen LogP) is 2.34. The monoisotopic (exact) mass is 373 g/mol. The lowest BCUT2D eigenvalue weighted by molar-refractivity contribution is -0.00576. The van der Waals surface area contributed by atoms with E-state index in [1.54, 1.807) is 53.3 Å². The maximum atomic E-state index is 12.9. The van der Waals surface area contributed by atoms with Crippen LogP contribution in [0.1, 0.15) is 22.2 Å². The number of amides is 1. The number of carbonyl (C=O) groups excluding carboxylic acids is 1. The second kappa shape index (κ2) is 6.89. The van der Waals surface area contributed by atoms with Crippen molar-refractivity contribution in [2.45, 2.75) is 6.04 Å². The molecular weight excluding hydrogens is 358 g/mol. The number of benzene rings is 1. The molecule has 1 unspecified atom stereocenters. The summed E-state index contributed by atoms with van der Waals surface area (Å²) in [5.74, 6) is 0.612. The van der Waals surface area contributed by atoms with Crippen molar-refractivity contribution in [2.75, 3.05) is 19.8 Å². The number of morpholine rings is 1. The first-order valence-electron chi connectivity index (χ1n) is 8.09. The second-order valence-corrected chi connectivity index (χ2v) is 6.40. The van der Waals surface area contributed by atoms with Crippen molar-refractivity contribution in [1.82, 2.24) is 24.8 Å². The fourth-order valence-electron chi connectivity index (χ4n) is 2.87. The average molecular weight is 374 g/mol. The van der Waals surface area contributed by atoms with Crippen LogP contribution in [-0.2, 0) is 11.8 Å². The SMILES string of the molecule is Cn1cc(-c2nc(C3COCCN3C(=O)c3cccc(Cl)c3)no2)cn1. The molecule has 0 bridgehead atoms. The quantitative estimate of drug-likeness (QED) is 0.700. The zero-order chi connectivity index (χ0) is 18.1. The molecule has 0 spiro atoms. The number of hydrogen-bond acceptors (Lipinski definition) is 6. The van der Waals surface area contributed by atoms with Gasteiger partial charge in [-0.3, -0.25) is 9.48 Å². The molecular formula is C17H16ClN5O3. The number of ether oxygens (including phenoxy) is 1. The molecule has 2 aromatic heterocycles. The van der Waals surface area contributed by atoms with Crippen LogP contribution < -0.4 is 0 Å². The maximum absolute atomic E-state index is 12.9. The lowest BCUT2D eigenvalue weighted by Gasteiger charge is -2.33. The third-order valence-electron chi connectivity index (χ3n) is 4.15. The summed E-state index contributed by atoms with van der Waals surface area (Å²) in [4.78, 5) is 19.0. The highest BCUT2D eigenvalue weighted by Crippen LogP contribution is 2.27. The lowest BCUT2D eigenvalue weighted by Crippen LogP contribution is -2.43. The van der Waals surface area contributed by atoms with Crippen LogP contribution in [0.2, 0.25) is 5.02 Å². The van der Waals surface area contributed by atoms with E-state index in [0.29, 0.717) is 42.1 Å². The van der Waals surface area contributed by atoms with Gasteiger partial charge in [0.25, 0.3) is 11.8 Å². The first-order valence-corrected chi connectivity index (χ1v) is 8.46. The van der Waals surface area contributed by atoms with E-state index < -0.39 is 6.04 Å². The van der Waals surface area contributed by atoms with Gasteiger partial charge in [0.2, 0.25) is 0 Å². The minimum Gasteiger partial charge on any atom is -0.377 e. The minimum atomic E-state index is -0.426. The maximum Gasteiger partial charge on any atom is 0.261 e. The van der Waals surface area contributed by atoms with Crippen molar-refractivity contribution in [3.8, 4) is 11.5 Å². The Labute approximate surface area is 154 Å². The smallest absolute Gasteiger partial charge is 0.261 e. The molecule has 0 N–H and O–H groups in total. The molecule has 1 fully saturated rings. The molecule has 1 aromatic carbocycles. The molecule has 1 aliphatic heterocycles. The molecule has 3 aromatic rings. The van der Waals surface area contributed by atoms with Crippen molar-refractivity contribution in [3.05, 3.63) is 53.1 Å². The van der Waals surface area contributed by atoms with Crippen LogP contribution in [0, 0.1) is 0 Å². The summed E-state index contributed by atoms with van der Waals surface area (Å²) in [5, 5.41) is 8.65. The van der Waals surface area contributed by atoms with Gasteiger partial charge in [0, 0.05) is 30.4 Å². The van der Waals surface area contributed by atoms with Gasteiger partial charge in [-0.15, -0.1) is 0 Å². The first-order chi connectivity index (χ1) is 12.6. The summed E-state index contributed by atoms with van der Waals surface area (Å²) in [5.41, 5.74) is 1.23. The molecule has 0 saturated carbocycles. The van der Waals surface area contributed by atoms with Gasteiger partial charge in [-0.05, 0) is 18.2 Å². The van der Waals surface area contributed by atoms with Gasteiger partial charge in [-0.25, -0.2) is 0 Å². The Kier molecular flexibility index (Phi) is 4.44. The number of aromatic nitrogens is 4. The zero-order valence-electron chi connectivity index (χ0n) is 14.0. The van der Waals surface area contributed by atoms with E-state index in [0.717, 1.165) is 5.56 Å². The van der Waals surface area contributed by atoms with Gasteiger partial charge in [-0.1, -0.05) is 22.8 Å². The van der Waals surface area contributed by atoms with Crippen LogP contribution in [0.25, 0.3) is 11.5 Å². The third kappa shape index (κ3) is 3.21. The van der Waals surface area contributed by atoms with Gasteiger partial charge in [0.1, 0.15) is 6.04 Å². The molecule has 4 rings (SSSR count). The molecule has 1 aliphatic rings. The van der Waals surface area contributed by atoms with E-state index in [4.69, 9.17) is 20.9 Å². The molecule has 8 nitrogen and oxygen atoms in total. The van der Waals surface area contributed by atoms with Crippen LogP contribution in [0.3, 0.4) is 0 Å². The van der Waals surface area contributed by atoms with E-state index in [9.17, 15) is 4.79 Å². The topological polar surface area (TPSA) is 86.3 Å². The van der Waals surface area contributed by atoms with Crippen LogP contribution in [0.5, 0.6) is 0 Å². The Morgan fingerprint density at radius 3 is 3.04 bits per heavy atom. The molecule has 9 heteroatoms. The van der Waals surface area contributed by atoms with Crippen molar-refractivity contribution in [3.63, 3.8) is 0 Å². The second-order valence-electron chi connectivity index (χ2n) is 5.96. The first kappa shape index (κ1) is 16.7. The highest BCUT2D eigenvalue weighted by Gasteiger charge is 2.33. The standard InChI is InChI=1S/C17H16ClN5O3/c1-22-9-12(8-19-22)16-20-15(21-26-16)14-10-25-6-5-23(14)17(24)11-3-2-4-13(18)7-11/h2-4,7-9,14H,5-6,10H2,1H3. The number of nitrogens with zero attached hydrogens (tertiary/aromatic N) is 5. The summed E-state index contributed by atoms with van der Waals surface area (Å²) in [6, 6.07) is 6.43. The minimum absolute atomic E-state index is 0.145. The van der Waals surface area contributed by atoms with Crippen LogP contribution in [-0.4, -0.2) is 50.5 Å². The van der Waals surface area contributed by atoms with Crippen molar-refractivity contribution >= 4 is 17.5 Å². The van der Waals surface area contributed by atoms with Gasteiger partial charge < -0.3 is 14.2 Å². The van der Waals surface area contributed by atoms with Gasteiger partial charge in [-0.2, -0.15) is 10.1 Å². The van der Waals surface area contributed by atoms with E-state index in [-0.39, 0.29) is 5.91 Å². The molecule has 134 valence electrons. The van der Waals surface area contributed by atoms with E-state index in [1.165, 1.54) is 0 Å². The Balaban J connectivity index is 1.62. The average Bonchev–Trinajstić information content (AvgIpc) is 3.30. The van der Waals surface area contributed by atoms with Gasteiger partial charge in [0.05, 0.1) is 25.0 Å². The van der Waals surface area contributed by atoms with E-state index >= 15 is 0 Å².